The van der Waals surface area contributed by atoms with Crippen molar-refractivity contribution < 1.29 is 14.3 Å². The van der Waals surface area contributed by atoms with Crippen molar-refractivity contribution in [1.29, 1.82) is 0 Å². The summed E-state index contributed by atoms with van der Waals surface area (Å²) in [6.45, 7) is 0. The van der Waals surface area contributed by atoms with Gasteiger partial charge in [0, 0.05) is 0 Å². The second-order valence-electron chi connectivity index (χ2n) is 3.08. The first kappa shape index (κ1) is 12.6. The van der Waals surface area contributed by atoms with Gasteiger partial charge in [0.1, 0.15) is 6.42 Å². The Balaban J connectivity index is 2.71. The molecule has 0 saturated carbocycles. The van der Waals surface area contributed by atoms with Gasteiger partial charge in [-0.05, 0) is 27.6 Å². The Hall–Kier alpha value is -1.42. The summed E-state index contributed by atoms with van der Waals surface area (Å²) in [7, 11) is 1.25. The molecular weight excluding hydrogens is 272 g/mol. The van der Waals surface area contributed by atoms with Crippen LogP contribution in [0.15, 0.2) is 34.8 Å². The zero-order valence-corrected chi connectivity index (χ0v) is 10.4. The standard InChI is InChI=1S/C12H11BrO3/c1-16-12(15)8-11(14)10(13)7-9-5-3-2-4-6-9/h2-7H,8H2,1H3/b10-7-. The number of ether oxygens (including phenoxy) is 1. The first-order chi connectivity index (χ1) is 7.63. The van der Waals surface area contributed by atoms with Crippen LogP contribution in [0.1, 0.15) is 12.0 Å². The minimum Gasteiger partial charge on any atom is -0.469 e. The molecule has 0 unspecified atom stereocenters. The van der Waals surface area contributed by atoms with Crippen LogP contribution in [0.5, 0.6) is 0 Å². The number of rotatable bonds is 4. The van der Waals surface area contributed by atoms with Gasteiger partial charge in [-0.2, -0.15) is 0 Å². The Kier molecular flexibility index (Phi) is 4.92. The van der Waals surface area contributed by atoms with Crippen molar-refractivity contribution in [3.63, 3.8) is 0 Å². The molecule has 0 saturated heterocycles. The highest BCUT2D eigenvalue weighted by Gasteiger charge is 2.12. The minimum absolute atomic E-state index is 0.250. The molecule has 0 atom stereocenters. The molecule has 0 spiro atoms. The second kappa shape index (κ2) is 6.23. The third-order valence-corrected chi connectivity index (χ3v) is 2.56. The number of esters is 1. The average Bonchev–Trinajstić information content (AvgIpc) is 2.30. The number of carbonyl (C=O) groups is 2. The molecule has 0 amide bonds. The van der Waals surface area contributed by atoms with Gasteiger partial charge < -0.3 is 4.74 Å². The molecule has 0 aromatic heterocycles. The van der Waals surface area contributed by atoms with E-state index in [1.165, 1.54) is 7.11 Å². The lowest BCUT2D eigenvalue weighted by Crippen LogP contribution is -2.08. The number of Topliss-reactive ketones (excluding diaryl/α,β-unsaturated/α-hetero) is 1. The average molecular weight is 283 g/mol. The molecule has 16 heavy (non-hydrogen) atoms. The molecule has 0 radical (unpaired) electrons. The summed E-state index contributed by atoms with van der Waals surface area (Å²) >= 11 is 3.14. The highest BCUT2D eigenvalue weighted by molar-refractivity contribution is 9.12. The monoisotopic (exact) mass is 282 g/mol. The number of benzene rings is 1. The largest absolute Gasteiger partial charge is 0.469 e. The normalized spacial score (nSPS) is 11.0. The molecule has 0 bridgehead atoms. The van der Waals surface area contributed by atoms with Gasteiger partial charge >= 0.3 is 5.97 Å². The molecule has 0 aliphatic heterocycles. The lowest BCUT2D eigenvalue weighted by Gasteiger charge is -1.99. The fraction of sp³-hybridized carbons (Fsp3) is 0.167. The van der Waals surface area contributed by atoms with Crippen LogP contribution in [0.25, 0.3) is 6.08 Å². The van der Waals surface area contributed by atoms with E-state index in [1.807, 2.05) is 30.3 Å². The fourth-order valence-electron chi connectivity index (χ4n) is 1.06. The van der Waals surface area contributed by atoms with E-state index in [9.17, 15) is 9.59 Å². The van der Waals surface area contributed by atoms with Gasteiger partial charge in [0.05, 0.1) is 11.6 Å². The van der Waals surface area contributed by atoms with E-state index in [4.69, 9.17) is 0 Å². The van der Waals surface area contributed by atoms with Gasteiger partial charge in [-0.15, -0.1) is 0 Å². The van der Waals surface area contributed by atoms with Crippen molar-refractivity contribution in [1.82, 2.24) is 0 Å². The van der Waals surface area contributed by atoms with E-state index in [2.05, 4.69) is 20.7 Å². The van der Waals surface area contributed by atoms with Crippen molar-refractivity contribution in [3.05, 3.63) is 40.4 Å². The number of hydrogen-bond donors (Lipinski definition) is 0. The zero-order chi connectivity index (χ0) is 12.0. The lowest BCUT2D eigenvalue weighted by molar-refractivity contribution is -0.142. The van der Waals surface area contributed by atoms with Crippen LogP contribution in [-0.4, -0.2) is 18.9 Å². The molecule has 1 aromatic rings. The van der Waals surface area contributed by atoms with Crippen molar-refractivity contribution in [3.8, 4) is 0 Å². The summed E-state index contributed by atoms with van der Waals surface area (Å²) in [5.74, 6) is -0.834. The Morgan fingerprint density at radius 1 is 1.31 bits per heavy atom. The van der Waals surface area contributed by atoms with E-state index in [0.717, 1.165) is 5.56 Å². The van der Waals surface area contributed by atoms with E-state index in [-0.39, 0.29) is 12.2 Å². The number of halogens is 1. The minimum atomic E-state index is -0.539. The van der Waals surface area contributed by atoms with Crippen LogP contribution in [0.3, 0.4) is 0 Å². The first-order valence-electron chi connectivity index (χ1n) is 4.65. The van der Waals surface area contributed by atoms with Gasteiger partial charge in [0.25, 0.3) is 0 Å². The van der Waals surface area contributed by atoms with Crippen LogP contribution in [-0.2, 0) is 14.3 Å². The maximum absolute atomic E-state index is 11.5. The molecular formula is C12H11BrO3. The Morgan fingerprint density at radius 3 is 2.50 bits per heavy atom. The summed E-state index contributed by atoms with van der Waals surface area (Å²) in [5.41, 5.74) is 0.896. The number of hydrogen-bond acceptors (Lipinski definition) is 3. The number of methoxy groups -OCH3 is 1. The zero-order valence-electron chi connectivity index (χ0n) is 8.77. The SMILES string of the molecule is COC(=O)CC(=O)/C(Br)=C/c1ccccc1. The van der Waals surface area contributed by atoms with Crippen LogP contribution in [0, 0.1) is 0 Å². The van der Waals surface area contributed by atoms with Gasteiger partial charge in [-0.1, -0.05) is 30.3 Å². The molecule has 0 aliphatic carbocycles. The summed E-state index contributed by atoms with van der Waals surface area (Å²) in [4.78, 5) is 22.4. The summed E-state index contributed by atoms with van der Waals surface area (Å²) in [6.07, 6.45) is 1.42. The Bertz CT molecular complexity index is 410. The maximum Gasteiger partial charge on any atom is 0.313 e. The molecule has 4 heteroatoms. The molecule has 0 N–H and O–H groups in total. The predicted octanol–water partition coefficient (Wildman–Crippen LogP) is 2.55. The molecule has 1 aromatic carbocycles. The number of ketones is 1. The smallest absolute Gasteiger partial charge is 0.313 e. The summed E-state index contributed by atoms with van der Waals surface area (Å²) < 4.78 is 4.78. The van der Waals surface area contributed by atoms with Crippen molar-refractivity contribution >= 4 is 33.8 Å². The maximum atomic E-state index is 11.5. The highest BCUT2D eigenvalue weighted by atomic mass is 79.9. The third kappa shape index (κ3) is 3.98. The van der Waals surface area contributed by atoms with E-state index >= 15 is 0 Å². The third-order valence-electron chi connectivity index (χ3n) is 1.89. The van der Waals surface area contributed by atoms with Crippen LogP contribution >= 0.6 is 15.9 Å². The van der Waals surface area contributed by atoms with Crippen LogP contribution in [0.2, 0.25) is 0 Å². The topological polar surface area (TPSA) is 43.4 Å². The van der Waals surface area contributed by atoms with Crippen molar-refractivity contribution in [2.45, 2.75) is 6.42 Å². The Morgan fingerprint density at radius 2 is 1.94 bits per heavy atom. The van der Waals surface area contributed by atoms with Gasteiger partial charge in [-0.25, -0.2) is 0 Å². The van der Waals surface area contributed by atoms with E-state index in [0.29, 0.717) is 4.48 Å². The predicted molar refractivity (Wildman–Crippen MR) is 65.0 cm³/mol. The van der Waals surface area contributed by atoms with E-state index in [1.54, 1.807) is 6.08 Å². The fourth-order valence-corrected chi connectivity index (χ4v) is 1.47. The highest BCUT2D eigenvalue weighted by Crippen LogP contribution is 2.14. The molecule has 3 nitrogen and oxygen atoms in total. The van der Waals surface area contributed by atoms with Crippen molar-refractivity contribution in [2.75, 3.05) is 7.11 Å². The molecule has 0 heterocycles. The quantitative estimate of drug-likeness (QED) is 0.484. The van der Waals surface area contributed by atoms with Gasteiger partial charge in [0.2, 0.25) is 0 Å². The number of allylic oxidation sites excluding steroid dienone is 1. The van der Waals surface area contributed by atoms with Crippen LogP contribution < -0.4 is 0 Å². The van der Waals surface area contributed by atoms with E-state index < -0.39 is 5.97 Å². The summed E-state index contributed by atoms with van der Waals surface area (Å²) in [6, 6.07) is 9.37. The second-order valence-corrected chi connectivity index (χ2v) is 3.93. The van der Waals surface area contributed by atoms with Crippen LogP contribution in [0.4, 0.5) is 0 Å². The lowest BCUT2D eigenvalue weighted by atomic mass is 10.2. The molecule has 0 fully saturated rings. The summed E-state index contributed by atoms with van der Waals surface area (Å²) in [5, 5.41) is 0. The van der Waals surface area contributed by atoms with Gasteiger partial charge in [-0.3, -0.25) is 9.59 Å². The Labute approximate surface area is 102 Å². The molecule has 84 valence electrons. The first-order valence-corrected chi connectivity index (χ1v) is 5.45. The molecule has 0 aliphatic rings. The number of carbonyl (C=O) groups excluding carboxylic acids is 2. The molecule has 1 rings (SSSR count). The van der Waals surface area contributed by atoms with Gasteiger partial charge in [0.15, 0.2) is 5.78 Å². The van der Waals surface area contributed by atoms with Crippen molar-refractivity contribution in [2.24, 2.45) is 0 Å².